The second-order valence-corrected chi connectivity index (χ2v) is 7.14. The Morgan fingerprint density at radius 2 is 1.64 bits per heavy atom. The third-order valence-corrected chi connectivity index (χ3v) is 3.76. The third kappa shape index (κ3) is 6.20. The van der Waals surface area contributed by atoms with Crippen molar-refractivity contribution in [2.24, 2.45) is 0 Å². The number of unbranched alkanes of at least 4 members (excludes halogenated alkanes) is 1. The van der Waals surface area contributed by atoms with Crippen molar-refractivity contribution in [1.29, 1.82) is 0 Å². The van der Waals surface area contributed by atoms with Crippen LogP contribution in [-0.4, -0.2) is 34.5 Å². The van der Waals surface area contributed by atoms with Crippen molar-refractivity contribution in [1.82, 2.24) is 4.90 Å². The Hall–Kier alpha value is -1.32. The van der Waals surface area contributed by atoms with Gasteiger partial charge < -0.3 is 9.53 Å². The minimum Gasteiger partial charge on any atom is -0.444 e. The normalized spacial score (nSPS) is 21.2. The maximum absolute atomic E-state index is 12.5. The maximum atomic E-state index is 12.5. The summed E-state index contributed by atoms with van der Waals surface area (Å²) in [6.07, 6.45) is 9.36. The molecule has 0 fully saturated rings. The van der Waals surface area contributed by atoms with Crippen LogP contribution in [0, 0.1) is 0 Å². The summed E-state index contributed by atoms with van der Waals surface area (Å²) in [6.45, 7) is 9.43. The second-order valence-electron chi connectivity index (χ2n) is 7.14. The van der Waals surface area contributed by atoms with Crippen molar-refractivity contribution in [3.63, 3.8) is 0 Å². The number of amides is 1. The average Bonchev–Trinajstić information content (AvgIpc) is 2.77. The quantitative estimate of drug-likeness (QED) is 0.651. The van der Waals surface area contributed by atoms with Crippen LogP contribution in [-0.2, 0) is 9.53 Å². The lowest BCUT2D eigenvalue weighted by Crippen LogP contribution is -2.44. The first-order valence-corrected chi connectivity index (χ1v) is 8.43. The molecule has 0 aliphatic carbocycles. The molecule has 1 rings (SSSR count). The van der Waals surface area contributed by atoms with Gasteiger partial charge in [0.05, 0.1) is 12.1 Å². The standard InChI is InChI=1S/C18H31NO3/c1-6-7-10-15-12-13-16(11-8-9-14(2)20)19(15)17(21)22-18(3,4)5/h12-13,15-16H,6-11H2,1-5H3/t15-,16-/m1/s1. The lowest BCUT2D eigenvalue weighted by atomic mass is 10.1. The molecule has 4 heteroatoms. The number of carbonyl (C=O) groups is 2. The van der Waals surface area contributed by atoms with E-state index in [1.54, 1.807) is 6.92 Å². The smallest absolute Gasteiger partial charge is 0.411 e. The van der Waals surface area contributed by atoms with Gasteiger partial charge in [0.1, 0.15) is 11.4 Å². The van der Waals surface area contributed by atoms with Gasteiger partial charge in [-0.05, 0) is 47.0 Å². The summed E-state index contributed by atoms with van der Waals surface area (Å²) in [5.74, 6) is 0.202. The Kier molecular flexibility index (Phi) is 7.11. The summed E-state index contributed by atoms with van der Waals surface area (Å²) in [6, 6.07) is 0.174. The van der Waals surface area contributed by atoms with Crippen LogP contribution in [0.1, 0.15) is 73.1 Å². The molecule has 0 bridgehead atoms. The van der Waals surface area contributed by atoms with Crippen molar-refractivity contribution < 1.29 is 14.3 Å². The molecule has 126 valence electrons. The number of carbonyl (C=O) groups excluding carboxylic acids is 2. The fourth-order valence-corrected chi connectivity index (χ4v) is 2.72. The molecule has 1 aliphatic rings. The van der Waals surface area contributed by atoms with E-state index in [1.165, 1.54) is 0 Å². The topological polar surface area (TPSA) is 46.6 Å². The van der Waals surface area contributed by atoms with Crippen LogP contribution in [0.15, 0.2) is 12.2 Å². The summed E-state index contributed by atoms with van der Waals surface area (Å²) >= 11 is 0. The van der Waals surface area contributed by atoms with Gasteiger partial charge in [-0.2, -0.15) is 0 Å². The molecule has 0 saturated carbocycles. The van der Waals surface area contributed by atoms with E-state index >= 15 is 0 Å². The van der Waals surface area contributed by atoms with Gasteiger partial charge in [0.15, 0.2) is 0 Å². The molecular weight excluding hydrogens is 278 g/mol. The summed E-state index contributed by atoms with van der Waals surface area (Å²) in [5, 5.41) is 0. The predicted molar refractivity (Wildman–Crippen MR) is 88.8 cm³/mol. The Morgan fingerprint density at radius 1 is 1.09 bits per heavy atom. The molecule has 0 saturated heterocycles. The van der Waals surface area contributed by atoms with Gasteiger partial charge in [-0.3, -0.25) is 4.90 Å². The maximum Gasteiger partial charge on any atom is 0.411 e. The zero-order chi connectivity index (χ0) is 16.8. The van der Waals surface area contributed by atoms with Crippen LogP contribution in [0.25, 0.3) is 0 Å². The Balaban J connectivity index is 2.71. The number of hydrogen-bond acceptors (Lipinski definition) is 3. The molecule has 0 unspecified atom stereocenters. The molecule has 1 aliphatic heterocycles. The van der Waals surface area contributed by atoms with Crippen molar-refractivity contribution in [3.05, 3.63) is 12.2 Å². The second kappa shape index (κ2) is 8.35. The van der Waals surface area contributed by atoms with Gasteiger partial charge in [-0.1, -0.05) is 31.9 Å². The molecule has 0 radical (unpaired) electrons. The lowest BCUT2D eigenvalue weighted by molar-refractivity contribution is -0.117. The number of rotatable bonds is 7. The van der Waals surface area contributed by atoms with E-state index in [2.05, 4.69) is 19.1 Å². The van der Waals surface area contributed by atoms with E-state index in [1.807, 2.05) is 25.7 Å². The summed E-state index contributed by atoms with van der Waals surface area (Å²) < 4.78 is 5.57. The Morgan fingerprint density at radius 3 is 2.09 bits per heavy atom. The first-order valence-electron chi connectivity index (χ1n) is 8.43. The highest BCUT2D eigenvalue weighted by Gasteiger charge is 2.34. The van der Waals surface area contributed by atoms with Gasteiger partial charge in [0, 0.05) is 6.42 Å². The first kappa shape index (κ1) is 18.7. The summed E-state index contributed by atoms with van der Waals surface area (Å²) in [4.78, 5) is 25.5. The molecule has 2 atom stereocenters. The summed E-state index contributed by atoms with van der Waals surface area (Å²) in [5.41, 5.74) is -0.487. The zero-order valence-corrected chi connectivity index (χ0v) is 14.7. The minimum absolute atomic E-state index is 0.0519. The fraction of sp³-hybridized carbons (Fsp3) is 0.778. The highest BCUT2D eigenvalue weighted by molar-refractivity contribution is 5.75. The molecule has 22 heavy (non-hydrogen) atoms. The number of hydrogen-bond donors (Lipinski definition) is 0. The van der Waals surface area contributed by atoms with Crippen LogP contribution in [0.2, 0.25) is 0 Å². The molecule has 1 heterocycles. The zero-order valence-electron chi connectivity index (χ0n) is 14.7. The van der Waals surface area contributed by atoms with Crippen LogP contribution in [0.4, 0.5) is 4.79 Å². The van der Waals surface area contributed by atoms with E-state index in [0.29, 0.717) is 6.42 Å². The third-order valence-electron chi connectivity index (χ3n) is 3.76. The Labute approximate surface area is 134 Å². The highest BCUT2D eigenvalue weighted by atomic mass is 16.6. The van der Waals surface area contributed by atoms with E-state index in [9.17, 15) is 9.59 Å². The van der Waals surface area contributed by atoms with Crippen molar-refractivity contribution >= 4 is 11.9 Å². The van der Waals surface area contributed by atoms with Crippen LogP contribution < -0.4 is 0 Å². The molecule has 0 aromatic carbocycles. The van der Waals surface area contributed by atoms with Crippen molar-refractivity contribution in [2.45, 2.75) is 90.8 Å². The number of Topliss-reactive ketones (excluding diaryl/α,β-unsaturated/α-hetero) is 1. The average molecular weight is 309 g/mol. The van der Waals surface area contributed by atoms with E-state index in [4.69, 9.17) is 4.74 Å². The van der Waals surface area contributed by atoms with Crippen LogP contribution in [0.5, 0.6) is 0 Å². The van der Waals surface area contributed by atoms with Crippen LogP contribution >= 0.6 is 0 Å². The van der Waals surface area contributed by atoms with Crippen molar-refractivity contribution in [2.75, 3.05) is 0 Å². The van der Waals surface area contributed by atoms with Gasteiger partial charge in [-0.15, -0.1) is 0 Å². The number of nitrogens with zero attached hydrogens (tertiary/aromatic N) is 1. The molecule has 0 spiro atoms. The summed E-state index contributed by atoms with van der Waals surface area (Å²) in [7, 11) is 0. The number of ketones is 1. The molecule has 1 amide bonds. The van der Waals surface area contributed by atoms with Gasteiger partial charge >= 0.3 is 6.09 Å². The molecule has 0 aromatic rings. The largest absolute Gasteiger partial charge is 0.444 e. The first-order chi connectivity index (χ1) is 10.2. The van der Waals surface area contributed by atoms with E-state index in [0.717, 1.165) is 32.1 Å². The molecule has 4 nitrogen and oxygen atoms in total. The molecule has 0 aromatic heterocycles. The Bertz CT molecular complexity index is 409. The fourth-order valence-electron chi connectivity index (χ4n) is 2.72. The molecular formula is C18H31NO3. The van der Waals surface area contributed by atoms with Crippen molar-refractivity contribution in [3.8, 4) is 0 Å². The monoisotopic (exact) mass is 309 g/mol. The van der Waals surface area contributed by atoms with E-state index < -0.39 is 5.60 Å². The predicted octanol–water partition coefficient (Wildman–Crippen LogP) is 4.48. The van der Waals surface area contributed by atoms with Crippen LogP contribution in [0.3, 0.4) is 0 Å². The highest BCUT2D eigenvalue weighted by Crippen LogP contribution is 2.27. The van der Waals surface area contributed by atoms with E-state index in [-0.39, 0.29) is 24.0 Å². The lowest BCUT2D eigenvalue weighted by Gasteiger charge is -2.33. The van der Waals surface area contributed by atoms with Gasteiger partial charge in [0.2, 0.25) is 0 Å². The van der Waals surface area contributed by atoms with Gasteiger partial charge in [0.25, 0.3) is 0 Å². The SMILES string of the molecule is CCCC[C@@H]1C=C[C@@H](CCCC(C)=O)N1C(=O)OC(C)(C)C. The minimum atomic E-state index is -0.487. The number of ether oxygens (including phenoxy) is 1. The van der Waals surface area contributed by atoms with Gasteiger partial charge in [-0.25, -0.2) is 4.79 Å². The molecule has 0 N–H and O–H groups in total.